The molecular formula is C22H26N2O4. The Morgan fingerprint density at radius 1 is 0.964 bits per heavy atom. The molecule has 148 valence electrons. The number of urea groups is 1. The molecule has 0 N–H and O–H groups in total. The van der Waals surface area contributed by atoms with Crippen LogP contribution >= 0.6 is 0 Å². The van der Waals surface area contributed by atoms with Crippen LogP contribution in [-0.4, -0.2) is 46.5 Å². The summed E-state index contributed by atoms with van der Waals surface area (Å²) in [6.07, 6.45) is 8.96. The Bertz CT molecular complexity index is 810. The molecule has 3 rings (SSSR count). The molecule has 6 nitrogen and oxygen atoms in total. The van der Waals surface area contributed by atoms with Gasteiger partial charge in [-0.15, -0.1) is 0 Å². The van der Waals surface area contributed by atoms with Crippen LogP contribution in [0.15, 0.2) is 35.9 Å². The third-order valence-electron chi connectivity index (χ3n) is 5.29. The van der Waals surface area contributed by atoms with E-state index in [9.17, 15) is 19.2 Å². The normalized spacial score (nSPS) is 17.3. The average Bonchev–Trinajstić information content (AvgIpc) is 2.91. The zero-order valence-corrected chi connectivity index (χ0v) is 16.3. The Balaban J connectivity index is 1.62. The molecule has 1 aliphatic carbocycles. The number of nitrogens with zero attached hydrogens (tertiary/aromatic N) is 2. The molecule has 0 aromatic heterocycles. The number of imide groups is 2. The predicted molar refractivity (Wildman–Crippen MR) is 105 cm³/mol. The maximum Gasteiger partial charge on any atom is 0.334 e. The third-order valence-corrected chi connectivity index (χ3v) is 5.29. The summed E-state index contributed by atoms with van der Waals surface area (Å²) >= 11 is 0. The second kappa shape index (κ2) is 8.95. The van der Waals surface area contributed by atoms with E-state index in [1.165, 1.54) is 12.0 Å². The molecule has 0 radical (unpaired) electrons. The van der Waals surface area contributed by atoms with Gasteiger partial charge in [-0.05, 0) is 44.1 Å². The predicted octanol–water partition coefficient (Wildman–Crippen LogP) is 3.50. The molecule has 6 heteroatoms. The number of ketones is 1. The van der Waals surface area contributed by atoms with Crippen LogP contribution in [-0.2, 0) is 16.0 Å². The van der Waals surface area contributed by atoms with Gasteiger partial charge in [0.2, 0.25) is 0 Å². The molecule has 0 unspecified atom stereocenters. The number of Topliss-reactive ketones (excluding diaryl/α,β-unsaturated/α-hetero) is 1. The molecule has 4 amide bonds. The van der Waals surface area contributed by atoms with Crippen LogP contribution in [0.2, 0.25) is 0 Å². The van der Waals surface area contributed by atoms with Crippen LogP contribution in [0.25, 0.3) is 0 Å². The lowest BCUT2D eigenvalue weighted by atomic mass is 9.97. The van der Waals surface area contributed by atoms with Crippen LogP contribution < -0.4 is 0 Å². The van der Waals surface area contributed by atoms with Crippen molar-refractivity contribution >= 4 is 23.6 Å². The van der Waals surface area contributed by atoms with Crippen LogP contribution in [0.3, 0.4) is 0 Å². The average molecular weight is 382 g/mol. The molecular weight excluding hydrogens is 356 g/mol. The molecule has 1 fully saturated rings. The Labute approximate surface area is 165 Å². The summed E-state index contributed by atoms with van der Waals surface area (Å²) in [5.41, 5.74) is 2.78. The van der Waals surface area contributed by atoms with Crippen LogP contribution in [0.4, 0.5) is 4.79 Å². The zero-order chi connectivity index (χ0) is 20.1. The highest BCUT2D eigenvalue weighted by atomic mass is 16.2. The van der Waals surface area contributed by atoms with Gasteiger partial charge in [0.1, 0.15) is 0 Å². The van der Waals surface area contributed by atoms with Gasteiger partial charge in [0.15, 0.2) is 5.78 Å². The van der Waals surface area contributed by atoms with E-state index < -0.39 is 24.4 Å². The van der Waals surface area contributed by atoms with Crippen LogP contribution in [0, 0.1) is 0 Å². The van der Waals surface area contributed by atoms with E-state index >= 15 is 0 Å². The number of amides is 4. The van der Waals surface area contributed by atoms with Crippen molar-refractivity contribution in [3.63, 3.8) is 0 Å². The van der Waals surface area contributed by atoms with Gasteiger partial charge in [-0.3, -0.25) is 19.3 Å². The number of allylic oxidation sites excluding steroid dienone is 1. The van der Waals surface area contributed by atoms with Crippen molar-refractivity contribution in [2.75, 3.05) is 13.1 Å². The Morgan fingerprint density at radius 3 is 2.32 bits per heavy atom. The van der Waals surface area contributed by atoms with Gasteiger partial charge in [0, 0.05) is 12.1 Å². The summed E-state index contributed by atoms with van der Waals surface area (Å²) in [4.78, 5) is 51.2. The summed E-state index contributed by atoms with van der Waals surface area (Å²) in [5, 5.41) is 0. The van der Waals surface area contributed by atoms with Gasteiger partial charge in [0.25, 0.3) is 0 Å². The minimum atomic E-state index is -0.918. The fourth-order valence-electron chi connectivity index (χ4n) is 3.65. The van der Waals surface area contributed by atoms with Gasteiger partial charge in [0.05, 0.1) is 6.54 Å². The molecule has 0 bridgehead atoms. The van der Waals surface area contributed by atoms with E-state index in [0.717, 1.165) is 47.5 Å². The lowest BCUT2D eigenvalue weighted by molar-refractivity contribution is -0.143. The first kappa shape index (κ1) is 20.0. The minimum absolute atomic E-state index is 0.186. The van der Waals surface area contributed by atoms with E-state index in [0.29, 0.717) is 12.0 Å². The molecule has 2 aliphatic rings. The van der Waals surface area contributed by atoms with E-state index in [-0.39, 0.29) is 12.3 Å². The zero-order valence-electron chi connectivity index (χ0n) is 16.3. The SMILES string of the molecule is CCCc1ccc(C(=O)CN2C(=O)C(=O)N(CCC3=CCCCC3)C2=O)cc1. The van der Waals surface area contributed by atoms with Crippen molar-refractivity contribution < 1.29 is 19.2 Å². The highest BCUT2D eigenvalue weighted by Gasteiger charge is 2.44. The quantitative estimate of drug-likeness (QED) is 0.298. The van der Waals surface area contributed by atoms with Crippen molar-refractivity contribution in [1.82, 2.24) is 9.80 Å². The Kier molecular flexibility index (Phi) is 6.39. The highest BCUT2D eigenvalue weighted by molar-refractivity contribution is 6.45. The van der Waals surface area contributed by atoms with Crippen molar-refractivity contribution in [2.45, 2.75) is 51.9 Å². The van der Waals surface area contributed by atoms with Gasteiger partial charge in [-0.25, -0.2) is 9.69 Å². The molecule has 28 heavy (non-hydrogen) atoms. The number of rotatable bonds is 8. The fraction of sp³-hybridized carbons (Fsp3) is 0.455. The summed E-state index contributed by atoms with van der Waals surface area (Å²) in [6.45, 7) is 1.86. The minimum Gasteiger partial charge on any atom is -0.292 e. The van der Waals surface area contributed by atoms with E-state index in [4.69, 9.17) is 0 Å². The fourth-order valence-corrected chi connectivity index (χ4v) is 3.65. The number of hydrogen-bond acceptors (Lipinski definition) is 4. The Hall–Kier alpha value is -2.76. The van der Waals surface area contributed by atoms with Crippen molar-refractivity contribution in [3.05, 3.63) is 47.0 Å². The van der Waals surface area contributed by atoms with E-state index in [1.54, 1.807) is 12.1 Å². The van der Waals surface area contributed by atoms with Crippen LogP contribution in [0.5, 0.6) is 0 Å². The number of aryl methyl sites for hydroxylation is 1. The summed E-state index contributed by atoms with van der Waals surface area (Å²) in [5.74, 6) is -2.11. The molecule has 0 spiro atoms. The second-order valence-corrected chi connectivity index (χ2v) is 7.36. The van der Waals surface area contributed by atoms with Crippen molar-refractivity contribution in [1.29, 1.82) is 0 Å². The highest BCUT2D eigenvalue weighted by Crippen LogP contribution is 2.22. The molecule has 0 atom stereocenters. The van der Waals surface area contributed by atoms with Crippen LogP contribution in [0.1, 0.15) is 61.4 Å². The molecule has 1 aliphatic heterocycles. The van der Waals surface area contributed by atoms with Crippen molar-refractivity contribution in [2.24, 2.45) is 0 Å². The number of carbonyl (C=O) groups is 4. The Morgan fingerprint density at radius 2 is 1.68 bits per heavy atom. The third kappa shape index (κ3) is 4.38. The summed E-state index contributed by atoms with van der Waals surface area (Å²) in [7, 11) is 0. The number of hydrogen-bond donors (Lipinski definition) is 0. The number of carbonyl (C=O) groups excluding carboxylic acids is 4. The smallest absolute Gasteiger partial charge is 0.292 e. The van der Waals surface area contributed by atoms with Gasteiger partial charge in [-0.2, -0.15) is 0 Å². The maximum atomic E-state index is 12.5. The number of benzene rings is 1. The molecule has 1 aromatic rings. The first-order chi connectivity index (χ1) is 13.5. The summed E-state index contributed by atoms with van der Waals surface area (Å²) in [6, 6.07) is 6.46. The molecule has 1 saturated heterocycles. The van der Waals surface area contributed by atoms with Crippen molar-refractivity contribution in [3.8, 4) is 0 Å². The molecule has 1 aromatic carbocycles. The summed E-state index contributed by atoms with van der Waals surface area (Å²) < 4.78 is 0. The standard InChI is InChI=1S/C22H26N2O4/c1-2-6-16-9-11-18(12-10-16)19(25)15-24-21(27)20(26)23(22(24)28)14-13-17-7-4-3-5-8-17/h7,9-12H,2-6,8,13-15H2,1H3. The first-order valence-electron chi connectivity index (χ1n) is 9.98. The lowest BCUT2D eigenvalue weighted by Crippen LogP contribution is -2.37. The molecule has 1 heterocycles. The topological polar surface area (TPSA) is 74.8 Å². The monoisotopic (exact) mass is 382 g/mol. The van der Waals surface area contributed by atoms with E-state index in [2.05, 4.69) is 13.0 Å². The largest absolute Gasteiger partial charge is 0.334 e. The van der Waals surface area contributed by atoms with Gasteiger partial charge in [-0.1, -0.05) is 49.3 Å². The first-order valence-corrected chi connectivity index (χ1v) is 9.98. The van der Waals surface area contributed by atoms with E-state index in [1.807, 2.05) is 12.1 Å². The van der Waals surface area contributed by atoms with Gasteiger partial charge >= 0.3 is 17.8 Å². The second-order valence-electron chi connectivity index (χ2n) is 7.36. The molecule has 0 saturated carbocycles. The lowest BCUT2D eigenvalue weighted by Gasteiger charge is -2.17. The van der Waals surface area contributed by atoms with Gasteiger partial charge < -0.3 is 0 Å². The maximum absolute atomic E-state index is 12.5.